The fourth-order valence-corrected chi connectivity index (χ4v) is 3.06. The number of carbonyl (C=O) groups is 3. The molecule has 2 amide bonds. The minimum absolute atomic E-state index is 0.0118. The van der Waals surface area contributed by atoms with Gasteiger partial charge in [0.2, 0.25) is 12.7 Å². The van der Waals surface area contributed by atoms with E-state index in [-0.39, 0.29) is 25.2 Å². The Kier molecular flexibility index (Phi) is 5.85. The lowest BCUT2D eigenvalue weighted by Gasteiger charge is -2.34. The molecule has 27 heavy (non-hydrogen) atoms. The largest absolute Gasteiger partial charge is 0.454 e. The molecule has 144 valence electrons. The van der Waals surface area contributed by atoms with E-state index in [1.165, 1.54) is 19.1 Å². The van der Waals surface area contributed by atoms with Gasteiger partial charge >= 0.3 is 5.97 Å². The molecular formula is C18H19ClN2O6. The summed E-state index contributed by atoms with van der Waals surface area (Å²) in [4.78, 5) is 38.5. The number of hydrogen-bond donors (Lipinski definition) is 0. The number of piperazine rings is 1. The van der Waals surface area contributed by atoms with Crippen LogP contribution in [0.5, 0.6) is 11.5 Å². The third kappa shape index (κ3) is 4.71. The maximum absolute atomic E-state index is 12.1. The number of halogens is 1. The Labute approximate surface area is 161 Å². The monoisotopic (exact) mass is 394 g/mol. The molecule has 0 N–H and O–H groups in total. The Hall–Kier alpha value is -2.74. The molecule has 0 spiro atoms. The first kappa shape index (κ1) is 19.0. The summed E-state index contributed by atoms with van der Waals surface area (Å²) in [7, 11) is 0. The highest BCUT2D eigenvalue weighted by Gasteiger charge is 2.23. The van der Waals surface area contributed by atoms with Crippen molar-refractivity contribution in [3.8, 4) is 11.5 Å². The average molecular weight is 395 g/mol. The van der Waals surface area contributed by atoms with Crippen LogP contribution in [0, 0.1) is 0 Å². The fraction of sp³-hybridized carbons (Fsp3) is 0.389. The second-order valence-corrected chi connectivity index (χ2v) is 6.47. The van der Waals surface area contributed by atoms with Gasteiger partial charge in [-0.2, -0.15) is 0 Å². The normalized spacial score (nSPS) is 15.9. The molecule has 9 heteroatoms. The molecule has 1 aromatic rings. The highest BCUT2D eigenvalue weighted by Crippen LogP contribution is 2.40. The number of hydrogen-bond acceptors (Lipinski definition) is 6. The van der Waals surface area contributed by atoms with E-state index in [2.05, 4.69) is 0 Å². The third-order valence-corrected chi connectivity index (χ3v) is 4.56. The van der Waals surface area contributed by atoms with Crippen LogP contribution in [-0.2, 0) is 19.1 Å². The molecule has 0 aliphatic carbocycles. The van der Waals surface area contributed by atoms with Crippen LogP contribution in [0.4, 0.5) is 0 Å². The summed E-state index contributed by atoms with van der Waals surface area (Å²) < 4.78 is 15.5. The molecule has 0 unspecified atom stereocenters. The Morgan fingerprint density at radius 1 is 1.15 bits per heavy atom. The van der Waals surface area contributed by atoms with Crippen molar-refractivity contribution in [2.24, 2.45) is 0 Å². The topological polar surface area (TPSA) is 85.4 Å². The van der Waals surface area contributed by atoms with Crippen molar-refractivity contribution in [3.63, 3.8) is 0 Å². The highest BCUT2D eigenvalue weighted by atomic mass is 35.5. The van der Waals surface area contributed by atoms with E-state index in [1.54, 1.807) is 21.9 Å². The van der Waals surface area contributed by atoms with Crippen LogP contribution in [0.15, 0.2) is 18.2 Å². The summed E-state index contributed by atoms with van der Waals surface area (Å²) in [6.45, 7) is 3.10. The van der Waals surface area contributed by atoms with Gasteiger partial charge in [-0.05, 0) is 23.8 Å². The Bertz CT molecular complexity index is 786. The van der Waals surface area contributed by atoms with Crippen molar-refractivity contribution >= 4 is 35.5 Å². The number of nitrogens with zero attached hydrogens (tertiary/aromatic N) is 2. The second kappa shape index (κ2) is 8.30. The van der Waals surface area contributed by atoms with Crippen LogP contribution in [-0.4, -0.2) is 67.2 Å². The maximum atomic E-state index is 12.1. The van der Waals surface area contributed by atoms with Crippen molar-refractivity contribution in [2.45, 2.75) is 6.92 Å². The predicted molar refractivity (Wildman–Crippen MR) is 96.4 cm³/mol. The van der Waals surface area contributed by atoms with Gasteiger partial charge in [-0.25, -0.2) is 4.79 Å². The second-order valence-electron chi connectivity index (χ2n) is 6.06. The van der Waals surface area contributed by atoms with Crippen molar-refractivity contribution in [1.82, 2.24) is 9.80 Å². The summed E-state index contributed by atoms with van der Waals surface area (Å²) in [5, 5.41) is 0.387. The number of fused-ring (bicyclic) bond motifs is 1. The SMILES string of the molecule is CC(=O)N1CCN(C(=O)COC(=O)/C=C/c2cc(Cl)c3c(c2)OCO3)CC1. The van der Waals surface area contributed by atoms with Crippen molar-refractivity contribution in [1.29, 1.82) is 0 Å². The minimum Gasteiger partial charge on any atom is -0.454 e. The lowest BCUT2D eigenvalue weighted by atomic mass is 10.2. The van der Waals surface area contributed by atoms with Gasteiger partial charge in [0.05, 0.1) is 5.02 Å². The van der Waals surface area contributed by atoms with E-state index in [4.69, 9.17) is 25.8 Å². The zero-order valence-electron chi connectivity index (χ0n) is 14.8. The van der Waals surface area contributed by atoms with Gasteiger partial charge in [0, 0.05) is 39.2 Å². The van der Waals surface area contributed by atoms with Crippen LogP contribution in [0.3, 0.4) is 0 Å². The van der Waals surface area contributed by atoms with E-state index >= 15 is 0 Å². The quantitative estimate of drug-likeness (QED) is 0.565. The molecule has 2 aliphatic heterocycles. The molecule has 8 nitrogen and oxygen atoms in total. The minimum atomic E-state index is -0.639. The lowest BCUT2D eigenvalue weighted by molar-refractivity contribution is -0.149. The van der Waals surface area contributed by atoms with Crippen molar-refractivity contribution in [2.75, 3.05) is 39.6 Å². The molecule has 3 rings (SSSR count). The van der Waals surface area contributed by atoms with Gasteiger partial charge in [-0.1, -0.05) is 11.6 Å². The Balaban J connectivity index is 1.47. The number of benzene rings is 1. The maximum Gasteiger partial charge on any atom is 0.331 e. The van der Waals surface area contributed by atoms with Crippen LogP contribution in [0.25, 0.3) is 6.08 Å². The van der Waals surface area contributed by atoms with Gasteiger partial charge in [0.25, 0.3) is 5.91 Å². The van der Waals surface area contributed by atoms with Crippen LogP contribution in [0.1, 0.15) is 12.5 Å². The number of carbonyl (C=O) groups excluding carboxylic acids is 3. The van der Waals surface area contributed by atoms with E-state index in [1.807, 2.05) is 0 Å². The number of ether oxygens (including phenoxy) is 3. The summed E-state index contributed by atoms with van der Waals surface area (Å²) >= 11 is 6.08. The molecule has 1 saturated heterocycles. The van der Waals surface area contributed by atoms with E-state index in [9.17, 15) is 14.4 Å². The van der Waals surface area contributed by atoms with Crippen LogP contribution in [0.2, 0.25) is 5.02 Å². The third-order valence-electron chi connectivity index (χ3n) is 4.28. The fourth-order valence-electron chi connectivity index (χ4n) is 2.79. The predicted octanol–water partition coefficient (Wildman–Crippen LogP) is 1.32. The molecular weight excluding hydrogens is 376 g/mol. The molecule has 1 aromatic carbocycles. The lowest BCUT2D eigenvalue weighted by Crippen LogP contribution is -2.51. The summed E-state index contributed by atoms with van der Waals surface area (Å²) in [6, 6.07) is 3.33. The number of rotatable bonds is 4. The van der Waals surface area contributed by atoms with Gasteiger partial charge in [-0.3, -0.25) is 9.59 Å². The van der Waals surface area contributed by atoms with Crippen LogP contribution >= 0.6 is 11.6 Å². The Morgan fingerprint density at radius 3 is 2.56 bits per heavy atom. The molecule has 0 radical (unpaired) electrons. The smallest absolute Gasteiger partial charge is 0.331 e. The molecule has 0 atom stereocenters. The molecule has 1 fully saturated rings. The molecule has 0 saturated carbocycles. The average Bonchev–Trinajstić information content (AvgIpc) is 3.13. The van der Waals surface area contributed by atoms with E-state index < -0.39 is 5.97 Å². The van der Waals surface area contributed by atoms with Crippen molar-refractivity contribution < 1.29 is 28.6 Å². The first-order valence-corrected chi connectivity index (χ1v) is 8.79. The van der Waals surface area contributed by atoms with Crippen LogP contribution < -0.4 is 9.47 Å². The standard InChI is InChI=1S/C18H19ClN2O6/c1-12(22)20-4-6-21(7-5-20)16(23)10-25-17(24)3-2-13-8-14(19)18-15(9-13)26-11-27-18/h2-3,8-9H,4-7,10-11H2,1H3/b3-2+. The van der Waals surface area contributed by atoms with E-state index in [0.29, 0.717) is 48.3 Å². The summed E-state index contributed by atoms with van der Waals surface area (Å²) in [5.41, 5.74) is 0.646. The van der Waals surface area contributed by atoms with Gasteiger partial charge in [0.1, 0.15) is 0 Å². The zero-order valence-corrected chi connectivity index (χ0v) is 15.5. The molecule has 2 heterocycles. The zero-order chi connectivity index (χ0) is 19.4. The first-order valence-electron chi connectivity index (χ1n) is 8.41. The summed E-state index contributed by atoms with van der Waals surface area (Å²) in [6.07, 6.45) is 2.74. The Morgan fingerprint density at radius 2 is 1.85 bits per heavy atom. The molecule has 2 aliphatic rings. The summed E-state index contributed by atoms with van der Waals surface area (Å²) in [5.74, 6) is 0.0510. The molecule has 0 aromatic heterocycles. The first-order chi connectivity index (χ1) is 12.9. The highest BCUT2D eigenvalue weighted by molar-refractivity contribution is 6.32. The van der Waals surface area contributed by atoms with Gasteiger partial charge in [-0.15, -0.1) is 0 Å². The van der Waals surface area contributed by atoms with Gasteiger partial charge in [0.15, 0.2) is 18.1 Å². The molecule has 0 bridgehead atoms. The van der Waals surface area contributed by atoms with Crippen molar-refractivity contribution in [3.05, 3.63) is 28.8 Å². The van der Waals surface area contributed by atoms with E-state index in [0.717, 1.165) is 0 Å². The van der Waals surface area contributed by atoms with Gasteiger partial charge < -0.3 is 24.0 Å². The number of esters is 1. The number of amides is 2.